The van der Waals surface area contributed by atoms with Crippen LogP contribution >= 0.6 is 0 Å². The van der Waals surface area contributed by atoms with Crippen LogP contribution in [0, 0.1) is 5.92 Å². The maximum absolute atomic E-state index is 12.6. The number of nitrogens with zero attached hydrogens (tertiary/aromatic N) is 1. The molecule has 4 rings (SSSR count). The molecule has 1 aromatic rings. The molecule has 3 aliphatic heterocycles. The molecule has 134 valence electrons. The summed E-state index contributed by atoms with van der Waals surface area (Å²) in [5.74, 6) is 0.998. The summed E-state index contributed by atoms with van der Waals surface area (Å²) in [5.41, 5.74) is 2.30. The van der Waals surface area contributed by atoms with E-state index in [0.29, 0.717) is 19.6 Å². The van der Waals surface area contributed by atoms with Gasteiger partial charge in [0.05, 0.1) is 12.5 Å². The molecule has 1 aromatic carbocycles. The van der Waals surface area contributed by atoms with E-state index in [4.69, 9.17) is 4.74 Å². The molecule has 6 nitrogen and oxygen atoms in total. The molecule has 25 heavy (non-hydrogen) atoms. The number of carbonyl (C=O) groups is 2. The number of rotatable bonds is 2. The van der Waals surface area contributed by atoms with Crippen molar-refractivity contribution < 1.29 is 14.3 Å². The van der Waals surface area contributed by atoms with Gasteiger partial charge in [-0.05, 0) is 42.9 Å². The van der Waals surface area contributed by atoms with Crippen LogP contribution in [-0.2, 0) is 17.8 Å². The minimum atomic E-state index is -0.0811. The van der Waals surface area contributed by atoms with E-state index in [9.17, 15) is 9.59 Å². The Morgan fingerprint density at radius 1 is 1.28 bits per heavy atom. The van der Waals surface area contributed by atoms with Gasteiger partial charge in [-0.2, -0.15) is 0 Å². The summed E-state index contributed by atoms with van der Waals surface area (Å²) in [7, 11) is 0. The lowest BCUT2D eigenvalue weighted by Crippen LogP contribution is -2.46. The average Bonchev–Trinajstić information content (AvgIpc) is 2.88. The standard InChI is InChI=1S/C19H25N3O3/c23-18-15-3-1-5-16(21-18)12-22(11-15)19(24)20-10-13-6-7-17-14(9-13)4-2-8-25-17/h6-7,9,15-16H,1-5,8,10-12H2,(H,20,24)(H,21,23)/t15-,16+/m1/s1. The summed E-state index contributed by atoms with van der Waals surface area (Å²) in [6.07, 6.45) is 4.95. The number of urea groups is 1. The van der Waals surface area contributed by atoms with Crippen molar-refractivity contribution >= 4 is 11.9 Å². The van der Waals surface area contributed by atoms with Gasteiger partial charge in [-0.25, -0.2) is 4.79 Å². The van der Waals surface area contributed by atoms with Gasteiger partial charge in [0.2, 0.25) is 5.91 Å². The van der Waals surface area contributed by atoms with E-state index in [1.165, 1.54) is 5.56 Å². The van der Waals surface area contributed by atoms with Crippen LogP contribution in [0.1, 0.15) is 36.8 Å². The maximum Gasteiger partial charge on any atom is 0.317 e. The Morgan fingerprint density at radius 3 is 3.12 bits per heavy atom. The van der Waals surface area contributed by atoms with Gasteiger partial charge in [0.25, 0.3) is 0 Å². The molecule has 6 heteroatoms. The summed E-state index contributed by atoms with van der Waals surface area (Å²) in [4.78, 5) is 26.5. The van der Waals surface area contributed by atoms with Crippen LogP contribution in [0.5, 0.6) is 5.75 Å². The quantitative estimate of drug-likeness (QED) is 0.860. The van der Waals surface area contributed by atoms with Gasteiger partial charge in [0, 0.05) is 25.7 Å². The molecule has 0 unspecified atom stereocenters. The topological polar surface area (TPSA) is 70.7 Å². The number of aryl methyl sites for hydroxylation is 1. The first-order chi connectivity index (χ1) is 12.2. The number of hydrogen-bond donors (Lipinski definition) is 2. The maximum atomic E-state index is 12.6. The number of fused-ring (bicyclic) bond motifs is 4. The highest BCUT2D eigenvalue weighted by molar-refractivity contribution is 5.82. The van der Waals surface area contributed by atoms with Gasteiger partial charge in [0.15, 0.2) is 0 Å². The fraction of sp³-hybridized carbons (Fsp3) is 0.579. The highest BCUT2D eigenvalue weighted by Crippen LogP contribution is 2.26. The van der Waals surface area contributed by atoms with Gasteiger partial charge in [-0.1, -0.05) is 18.6 Å². The second-order valence-corrected chi connectivity index (χ2v) is 7.29. The molecule has 0 spiro atoms. The van der Waals surface area contributed by atoms with Crippen molar-refractivity contribution in [2.24, 2.45) is 5.92 Å². The summed E-state index contributed by atoms with van der Waals surface area (Å²) in [6.45, 7) is 2.41. The molecule has 0 aromatic heterocycles. The molecule has 3 aliphatic rings. The molecule has 2 bridgehead atoms. The number of nitrogens with one attached hydrogen (secondary N) is 2. The van der Waals surface area contributed by atoms with Gasteiger partial charge >= 0.3 is 6.03 Å². The minimum absolute atomic E-state index is 0.0702. The van der Waals surface area contributed by atoms with E-state index in [-0.39, 0.29) is 23.9 Å². The monoisotopic (exact) mass is 343 g/mol. The molecule has 2 fully saturated rings. The van der Waals surface area contributed by atoms with Crippen molar-refractivity contribution in [1.82, 2.24) is 15.5 Å². The first kappa shape index (κ1) is 16.2. The fourth-order valence-corrected chi connectivity index (χ4v) is 4.03. The van der Waals surface area contributed by atoms with E-state index in [0.717, 1.165) is 50.0 Å². The summed E-state index contributed by atoms with van der Waals surface area (Å²) in [5, 5.41) is 6.07. The predicted molar refractivity (Wildman–Crippen MR) is 93.3 cm³/mol. The fourth-order valence-electron chi connectivity index (χ4n) is 4.03. The van der Waals surface area contributed by atoms with Gasteiger partial charge in [0.1, 0.15) is 5.75 Å². The van der Waals surface area contributed by atoms with Crippen LogP contribution in [-0.4, -0.2) is 42.6 Å². The summed E-state index contributed by atoms with van der Waals surface area (Å²) in [6, 6.07) is 6.13. The number of likely N-dealkylation sites (tertiary alicyclic amines) is 1. The van der Waals surface area contributed by atoms with E-state index < -0.39 is 0 Å². The first-order valence-corrected chi connectivity index (χ1v) is 9.27. The van der Waals surface area contributed by atoms with Crippen molar-refractivity contribution in [3.05, 3.63) is 29.3 Å². The van der Waals surface area contributed by atoms with Crippen LogP contribution in [0.2, 0.25) is 0 Å². The Bertz CT molecular complexity index is 676. The van der Waals surface area contributed by atoms with Crippen molar-refractivity contribution in [2.75, 3.05) is 19.7 Å². The van der Waals surface area contributed by atoms with Crippen molar-refractivity contribution in [2.45, 2.75) is 44.7 Å². The molecule has 0 saturated carbocycles. The van der Waals surface area contributed by atoms with Crippen LogP contribution in [0.15, 0.2) is 18.2 Å². The number of hydrogen-bond acceptors (Lipinski definition) is 3. The second kappa shape index (κ2) is 6.94. The number of carbonyl (C=O) groups excluding carboxylic acids is 2. The lowest BCUT2D eigenvalue weighted by atomic mass is 9.99. The van der Waals surface area contributed by atoms with Crippen molar-refractivity contribution in [3.8, 4) is 5.75 Å². The van der Waals surface area contributed by atoms with E-state index in [2.05, 4.69) is 16.7 Å². The number of benzene rings is 1. The molecule has 3 amide bonds. The Kier molecular flexibility index (Phi) is 4.51. The van der Waals surface area contributed by atoms with Crippen LogP contribution in [0.25, 0.3) is 0 Å². The zero-order chi connectivity index (χ0) is 17.2. The largest absolute Gasteiger partial charge is 0.493 e. The molecular weight excluding hydrogens is 318 g/mol. The van der Waals surface area contributed by atoms with E-state index in [1.54, 1.807) is 4.90 Å². The Morgan fingerprint density at radius 2 is 2.20 bits per heavy atom. The number of amides is 3. The molecule has 3 heterocycles. The summed E-state index contributed by atoms with van der Waals surface area (Å²) >= 11 is 0. The molecular formula is C19H25N3O3. The molecule has 0 radical (unpaired) electrons. The van der Waals surface area contributed by atoms with Gasteiger partial charge in [-0.3, -0.25) is 4.79 Å². The molecule has 2 saturated heterocycles. The lowest BCUT2D eigenvalue weighted by Gasteiger charge is -2.27. The Hall–Kier alpha value is -2.24. The zero-order valence-corrected chi connectivity index (χ0v) is 14.4. The van der Waals surface area contributed by atoms with E-state index in [1.807, 2.05) is 12.1 Å². The van der Waals surface area contributed by atoms with Crippen LogP contribution < -0.4 is 15.4 Å². The van der Waals surface area contributed by atoms with Crippen molar-refractivity contribution in [3.63, 3.8) is 0 Å². The van der Waals surface area contributed by atoms with Crippen LogP contribution in [0.4, 0.5) is 4.79 Å². The first-order valence-electron chi connectivity index (χ1n) is 9.27. The molecule has 2 atom stereocenters. The third-order valence-corrected chi connectivity index (χ3v) is 5.41. The average molecular weight is 343 g/mol. The highest BCUT2D eigenvalue weighted by atomic mass is 16.5. The molecule has 2 N–H and O–H groups in total. The minimum Gasteiger partial charge on any atom is -0.493 e. The van der Waals surface area contributed by atoms with Gasteiger partial charge < -0.3 is 20.3 Å². The number of ether oxygens (including phenoxy) is 1. The highest BCUT2D eigenvalue weighted by Gasteiger charge is 2.34. The van der Waals surface area contributed by atoms with E-state index >= 15 is 0 Å². The lowest BCUT2D eigenvalue weighted by molar-refractivity contribution is -0.124. The van der Waals surface area contributed by atoms with Gasteiger partial charge in [-0.15, -0.1) is 0 Å². The summed E-state index contributed by atoms with van der Waals surface area (Å²) < 4.78 is 5.63. The Labute approximate surface area is 147 Å². The zero-order valence-electron chi connectivity index (χ0n) is 14.4. The third kappa shape index (κ3) is 3.57. The SMILES string of the molecule is O=C1N[C@H]2CCC[C@@H]1CN(C(=O)NCc1ccc3c(c1)CCCO3)C2. The normalized spacial score (nSPS) is 25.3. The third-order valence-electron chi connectivity index (χ3n) is 5.41. The molecule has 0 aliphatic carbocycles. The Balaban J connectivity index is 1.38. The second-order valence-electron chi connectivity index (χ2n) is 7.29. The predicted octanol–water partition coefficient (Wildman–Crippen LogP) is 1.82. The smallest absolute Gasteiger partial charge is 0.317 e. The van der Waals surface area contributed by atoms with Crippen LogP contribution in [0.3, 0.4) is 0 Å². The van der Waals surface area contributed by atoms with Crippen molar-refractivity contribution in [1.29, 1.82) is 0 Å².